The molecule has 0 saturated heterocycles. The highest BCUT2D eigenvalue weighted by atomic mass is 16.4. The number of hydrogen-bond donors (Lipinski definition) is 2. The topological polar surface area (TPSA) is 40.5 Å². The molecule has 22 heavy (non-hydrogen) atoms. The first-order valence-corrected chi connectivity index (χ1v) is 8.30. The van der Waals surface area contributed by atoms with E-state index in [0.29, 0.717) is 5.46 Å². The second-order valence-corrected chi connectivity index (χ2v) is 6.33. The van der Waals surface area contributed by atoms with Gasteiger partial charge in [0.2, 0.25) is 0 Å². The van der Waals surface area contributed by atoms with Crippen LogP contribution in [0.4, 0.5) is 0 Å². The molecule has 0 unspecified atom stereocenters. The quantitative estimate of drug-likeness (QED) is 0.647. The SMILES string of the molecule is C=CC.CCC1=C(C)c2ccc(B(O)O)cc2C12CCCC2. The molecule has 1 aromatic rings. The fraction of sp³-hybridized carbons (Fsp3) is 0.474. The Morgan fingerprint density at radius 3 is 2.36 bits per heavy atom. The Morgan fingerprint density at radius 2 is 1.86 bits per heavy atom. The normalized spacial score (nSPS) is 18.0. The highest BCUT2D eigenvalue weighted by molar-refractivity contribution is 6.58. The van der Waals surface area contributed by atoms with Crippen LogP contribution in [0.2, 0.25) is 0 Å². The Labute approximate surface area is 134 Å². The molecular weight excluding hydrogens is 271 g/mol. The minimum absolute atomic E-state index is 0.194. The van der Waals surface area contributed by atoms with Crippen molar-refractivity contribution in [2.75, 3.05) is 0 Å². The molecule has 118 valence electrons. The first kappa shape index (κ1) is 17.0. The van der Waals surface area contributed by atoms with Gasteiger partial charge in [-0.05, 0) is 55.3 Å². The zero-order valence-corrected chi connectivity index (χ0v) is 14.0. The molecule has 3 heteroatoms. The lowest BCUT2D eigenvalue weighted by molar-refractivity contribution is 0.425. The predicted molar refractivity (Wildman–Crippen MR) is 95.2 cm³/mol. The first-order chi connectivity index (χ1) is 10.5. The summed E-state index contributed by atoms with van der Waals surface area (Å²) in [5, 5.41) is 18.8. The fourth-order valence-corrected chi connectivity index (χ4v) is 4.28. The van der Waals surface area contributed by atoms with E-state index in [0.717, 1.165) is 6.42 Å². The maximum absolute atomic E-state index is 9.42. The van der Waals surface area contributed by atoms with E-state index in [-0.39, 0.29) is 5.41 Å². The zero-order chi connectivity index (χ0) is 16.3. The van der Waals surface area contributed by atoms with Gasteiger partial charge in [-0.25, -0.2) is 0 Å². The molecule has 0 aromatic heterocycles. The van der Waals surface area contributed by atoms with Crippen molar-refractivity contribution in [2.24, 2.45) is 0 Å². The average Bonchev–Trinajstić information content (AvgIpc) is 3.06. The number of rotatable bonds is 2. The van der Waals surface area contributed by atoms with Gasteiger partial charge in [-0.3, -0.25) is 0 Å². The van der Waals surface area contributed by atoms with Gasteiger partial charge in [0, 0.05) is 5.41 Å². The molecule has 0 bridgehead atoms. The van der Waals surface area contributed by atoms with Gasteiger partial charge in [0.05, 0.1) is 0 Å². The van der Waals surface area contributed by atoms with E-state index in [9.17, 15) is 10.0 Å². The van der Waals surface area contributed by atoms with E-state index in [4.69, 9.17) is 0 Å². The van der Waals surface area contributed by atoms with Gasteiger partial charge >= 0.3 is 7.12 Å². The van der Waals surface area contributed by atoms with Crippen molar-refractivity contribution in [3.05, 3.63) is 47.6 Å². The molecular formula is C19H27BO2. The summed E-state index contributed by atoms with van der Waals surface area (Å²) in [5.74, 6) is 0. The summed E-state index contributed by atoms with van der Waals surface area (Å²) >= 11 is 0. The first-order valence-electron chi connectivity index (χ1n) is 8.30. The molecule has 2 N–H and O–H groups in total. The molecule has 0 radical (unpaired) electrons. The van der Waals surface area contributed by atoms with Crippen molar-refractivity contribution in [3.63, 3.8) is 0 Å². The van der Waals surface area contributed by atoms with Crippen LogP contribution >= 0.6 is 0 Å². The fourth-order valence-electron chi connectivity index (χ4n) is 4.28. The smallest absolute Gasteiger partial charge is 0.423 e. The van der Waals surface area contributed by atoms with Gasteiger partial charge in [-0.1, -0.05) is 49.6 Å². The van der Waals surface area contributed by atoms with Crippen molar-refractivity contribution in [1.82, 2.24) is 0 Å². The van der Waals surface area contributed by atoms with Crippen LogP contribution in [0, 0.1) is 0 Å². The minimum Gasteiger partial charge on any atom is -0.423 e. The summed E-state index contributed by atoms with van der Waals surface area (Å²) in [5.41, 5.74) is 6.46. The van der Waals surface area contributed by atoms with Gasteiger partial charge in [0.1, 0.15) is 0 Å². The van der Waals surface area contributed by atoms with Crippen molar-refractivity contribution in [2.45, 2.75) is 58.3 Å². The number of benzene rings is 1. The lowest BCUT2D eigenvalue weighted by Crippen LogP contribution is -2.32. The monoisotopic (exact) mass is 298 g/mol. The van der Waals surface area contributed by atoms with E-state index >= 15 is 0 Å². The minimum atomic E-state index is -1.37. The largest absolute Gasteiger partial charge is 0.488 e. The number of allylic oxidation sites excluding steroid dienone is 3. The molecule has 1 spiro atoms. The van der Waals surface area contributed by atoms with Crippen LogP contribution in [-0.2, 0) is 5.41 Å². The Balaban J connectivity index is 0.000000545. The number of fused-ring (bicyclic) bond motifs is 2. The van der Waals surface area contributed by atoms with Crippen LogP contribution in [0.5, 0.6) is 0 Å². The Kier molecular flexibility index (Phi) is 5.30. The molecule has 2 nitrogen and oxygen atoms in total. The molecule has 0 atom stereocenters. The third-order valence-corrected chi connectivity index (χ3v) is 5.10. The van der Waals surface area contributed by atoms with E-state index in [2.05, 4.69) is 26.5 Å². The van der Waals surface area contributed by atoms with E-state index < -0.39 is 7.12 Å². The molecule has 0 amide bonds. The van der Waals surface area contributed by atoms with Gasteiger partial charge in [0.15, 0.2) is 0 Å². The highest BCUT2D eigenvalue weighted by Crippen LogP contribution is 2.55. The Hall–Kier alpha value is -1.32. The summed E-state index contributed by atoms with van der Waals surface area (Å²) < 4.78 is 0. The van der Waals surface area contributed by atoms with Crippen molar-refractivity contribution in [1.29, 1.82) is 0 Å². The maximum Gasteiger partial charge on any atom is 0.488 e. The average molecular weight is 298 g/mol. The second kappa shape index (κ2) is 6.85. The van der Waals surface area contributed by atoms with Gasteiger partial charge < -0.3 is 10.0 Å². The maximum atomic E-state index is 9.42. The summed E-state index contributed by atoms with van der Waals surface area (Å²) in [7, 11) is -1.37. The summed E-state index contributed by atoms with van der Waals surface area (Å²) in [6.45, 7) is 9.71. The summed E-state index contributed by atoms with van der Waals surface area (Å²) in [6, 6.07) is 5.94. The van der Waals surface area contributed by atoms with E-state index in [1.165, 1.54) is 42.4 Å². The standard InChI is InChI=1S/C16H21BO2.C3H6/c1-3-14-11(2)13-7-6-12(17(18)19)10-15(13)16(14)8-4-5-9-16;1-3-2/h6-7,10,18-19H,3-5,8-9H2,1-2H3;3H,1H2,2H3. The van der Waals surface area contributed by atoms with Gasteiger partial charge in [0.25, 0.3) is 0 Å². The molecule has 1 saturated carbocycles. The zero-order valence-electron chi connectivity index (χ0n) is 14.0. The third-order valence-electron chi connectivity index (χ3n) is 5.10. The van der Waals surface area contributed by atoms with Gasteiger partial charge in [-0.2, -0.15) is 0 Å². The molecule has 2 aliphatic carbocycles. The van der Waals surface area contributed by atoms with Crippen LogP contribution in [0.1, 0.15) is 64.0 Å². The molecule has 0 heterocycles. The lowest BCUT2D eigenvalue weighted by Gasteiger charge is -2.29. The third kappa shape index (κ3) is 2.68. The van der Waals surface area contributed by atoms with E-state index in [1.54, 1.807) is 11.6 Å². The summed E-state index contributed by atoms with van der Waals surface area (Å²) in [6.07, 6.45) is 7.83. The Bertz CT molecular complexity index is 581. The van der Waals surface area contributed by atoms with Crippen LogP contribution in [0.25, 0.3) is 5.57 Å². The summed E-state index contributed by atoms with van der Waals surface area (Å²) in [4.78, 5) is 0. The van der Waals surface area contributed by atoms with Crippen LogP contribution in [0.15, 0.2) is 36.4 Å². The Morgan fingerprint density at radius 1 is 1.27 bits per heavy atom. The predicted octanol–water partition coefficient (Wildman–Crippen LogP) is 3.57. The van der Waals surface area contributed by atoms with Crippen LogP contribution in [0.3, 0.4) is 0 Å². The second-order valence-electron chi connectivity index (χ2n) is 6.33. The highest BCUT2D eigenvalue weighted by Gasteiger charge is 2.44. The van der Waals surface area contributed by atoms with Gasteiger partial charge in [-0.15, -0.1) is 6.58 Å². The van der Waals surface area contributed by atoms with Crippen molar-refractivity contribution in [3.8, 4) is 0 Å². The lowest BCUT2D eigenvalue weighted by atomic mass is 9.71. The van der Waals surface area contributed by atoms with Crippen LogP contribution < -0.4 is 5.46 Å². The van der Waals surface area contributed by atoms with Crippen LogP contribution in [-0.4, -0.2) is 17.2 Å². The number of hydrogen-bond acceptors (Lipinski definition) is 2. The molecule has 2 aliphatic rings. The molecule has 1 aromatic carbocycles. The van der Waals surface area contributed by atoms with Crippen molar-refractivity contribution < 1.29 is 10.0 Å². The molecule has 3 rings (SSSR count). The molecule has 1 fully saturated rings. The van der Waals surface area contributed by atoms with E-state index in [1.807, 2.05) is 19.1 Å². The van der Waals surface area contributed by atoms with Crippen molar-refractivity contribution >= 4 is 18.2 Å². The molecule has 0 aliphatic heterocycles.